The van der Waals surface area contributed by atoms with Gasteiger partial charge < -0.3 is 28.8 Å². The van der Waals surface area contributed by atoms with E-state index < -0.39 is 20.0 Å². The molecule has 9 heteroatoms. The van der Waals surface area contributed by atoms with Gasteiger partial charge in [0.15, 0.2) is 0 Å². The Kier molecular flexibility index (Phi) is 63.3. The number of hydrogen-bond acceptors (Lipinski definition) is 6. The van der Waals surface area contributed by atoms with Gasteiger partial charge in [0.1, 0.15) is 13.2 Å². The zero-order chi connectivity index (χ0) is 61.2. The van der Waals surface area contributed by atoms with Crippen LogP contribution in [0.5, 0.6) is 0 Å². The van der Waals surface area contributed by atoms with Crippen molar-refractivity contribution >= 4 is 13.7 Å². The monoisotopic (exact) mass is 1200 g/mol. The maximum absolute atomic E-state index is 13.0. The molecule has 0 rings (SSSR count). The second-order valence-corrected chi connectivity index (χ2v) is 27.0. The third-order valence-electron chi connectivity index (χ3n) is 16.1. The van der Waals surface area contributed by atoms with Crippen LogP contribution in [0.25, 0.3) is 0 Å². The maximum atomic E-state index is 13.0. The minimum absolute atomic E-state index is 0.00113. The molecule has 0 aliphatic heterocycles. The molecule has 0 bridgehead atoms. The van der Waals surface area contributed by atoms with Crippen molar-refractivity contribution in [2.24, 2.45) is 0 Å². The molecule has 3 atom stereocenters. The molecule has 0 aromatic carbocycles. The summed E-state index contributed by atoms with van der Waals surface area (Å²) in [5.41, 5.74) is 0. The lowest BCUT2D eigenvalue weighted by molar-refractivity contribution is -0.870. The van der Waals surface area contributed by atoms with Gasteiger partial charge in [-0.2, -0.15) is 0 Å². The number of phosphoric acid groups is 1. The molecular formula is C75H139N2O6P. The molecule has 0 radical (unpaired) electrons. The van der Waals surface area contributed by atoms with E-state index in [0.29, 0.717) is 17.4 Å². The largest absolute Gasteiger partial charge is 0.756 e. The van der Waals surface area contributed by atoms with E-state index in [2.05, 4.69) is 92.1 Å². The Bertz CT molecular complexity index is 1650. The molecule has 0 spiro atoms. The number of amides is 1. The number of carbonyl (C=O) groups is 1. The van der Waals surface area contributed by atoms with Gasteiger partial charge in [0, 0.05) is 6.42 Å². The molecule has 1 amide bonds. The van der Waals surface area contributed by atoms with Crippen molar-refractivity contribution in [2.45, 2.75) is 347 Å². The number of phosphoric ester groups is 1. The van der Waals surface area contributed by atoms with E-state index in [4.69, 9.17) is 9.05 Å². The number of unbranched alkanes of at least 4 members (excludes halogenated alkanes) is 41. The zero-order valence-corrected chi connectivity index (χ0v) is 57.0. The number of hydrogen-bond donors (Lipinski definition) is 2. The second-order valence-electron chi connectivity index (χ2n) is 25.6. The van der Waals surface area contributed by atoms with Crippen LogP contribution in [0, 0.1) is 0 Å². The van der Waals surface area contributed by atoms with Crippen LogP contribution < -0.4 is 10.2 Å². The lowest BCUT2D eigenvalue weighted by Crippen LogP contribution is -2.45. The van der Waals surface area contributed by atoms with Crippen LogP contribution in [0.15, 0.2) is 85.1 Å². The summed E-state index contributed by atoms with van der Waals surface area (Å²) in [6.07, 6.45) is 92.8. The topological polar surface area (TPSA) is 108 Å². The van der Waals surface area contributed by atoms with Gasteiger partial charge in [0.25, 0.3) is 7.82 Å². The molecule has 0 aliphatic carbocycles. The van der Waals surface area contributed by atoms with E-state index in [1.807, 2.05) is 27.2 Å². The van der Waals surface area contributed by atoms with E-state index >= 15 is 0 Å². The Hall–Kier alpha value is -2.32. The standard InChI is InChI=1S/C75H139N2O6P/c1-6-8-10-12-14-16-18-20-22-24-26-28-30-31-32-33-34-35-36-37-38-39-40-41-42-43-44-45-47-49-51-53-55-57-59-61-63-65-67-69-75(79)76-73(72-83-84(80,81)82-71-70-77(3,4)5)74(78)68-66-64-62-60-58-56-54-52-50-48-46-29-27-25-23-21-19-17-15-13-11-9-7-2/h8,10,14,16,20,22,26,28,31-32,34-35,66,68,73-74,78H,6-7,9,11-13,15,17-19,21,23-25,27,29-30,33,36-65,67,69-72H2,1-5H3,(H-,76,79,80,81)/b10-8-,16-14-,22-20-,28-26-,32-31-,35-34-,68-66+. The third-order valence-corrected chi connectivity index (χ3v) is 17.1. The van der Waals surface area contributed by atoms with Gasteiger partial charge >= 0.3 is 0 Å². The molecular weight excluding hydrogens is 1060 g/mol. The predicted molar refractivity (Wildman–Crippen MR) is 367 cm³/mol. The fourth-order valence-corrected chi connectivity index (χ4v) is 11.3. The number of nitrogens with zero attached hydrogens (tertiary/aromatic N) is 1. The molecule has 0 saturated carbocycles. The normalized spacial score (nSPS) is 14.1. The average molecular weight is 1200 g/mol. The van der Waals surface area contributed by atoms with E-state index in [9.17, 15) is 19.4 Å². The number of quaternary nitrogens is 1. The molecule has 0 aromatic heterocycles. The molecule has 0 aliphatic rings. The van der Waals surface area contributed by atoms with Gasteiger partial charge in [-0.15, -0.1) is 0 Å². The molecule has 2 N–H and O–H groups in total. The Morgan fingerprint density at radius 3 is 1.06 bits per heavy atom. The molecule has 3 unspecified atom stereocenters. The van der Waals surface area contributed by atoms with Crippen molar-refractivity contribution in [1.29, 1.82) is 0 Å². The zero-order valence-electron chi connectivity index (χ0n) is 56.1. The van der Waals surface area contributed by atoms with E-state index in [-0.39, 0.29) is 19.1 Å². The van der Waals surface area contributed by atoms with Crippen LogP contribution in [0.2, 0.25) is 0 Å². The predicted octanol–water partition coefficient (Wildman–Crippen LogP) is 22.5. The highest BCUT2D eigenvalue weighted by Gasteiger charge is 2.23. The highest BCUT2D eigenvalue weighted by atomic mass is 31.2. The van der Waals surface area contributed by atoms with Crippen molar-refractivity contribution in [3.8, 4) is 0 Å². The number of aliphatic hydroxyl groups is 1. The second kappa shape index (κ2) is 65.1. The van der Waals surface area contributed by atoms with Crippen LogP contribution in [0.3, 0.4) is 0 Å². The first-order valence-corrected chi connectivity index (χ1v) is 37.4. The van der Waals surface area contributed by atoms with Gasteiger partial charge in [-0.05, 0) is 70.6 Å². The maximum Gasteiger partial charge on any atom is 0.268 e. The van der Waals surface area contributed by atoms with Crippen LogP contribution >= 0.6 is 7.82 Å². The van der Waals surface area contributed by atoms with Crippen molar-refractivity contribution in [3.63, 3.8) is 0 Å². The first-order valence-electron chi connectivity index (χ1n) is 35.9. The van der Waals surface area contributed by atoms with Crippen LogP contribution in [0.1, 0.15) is 335 Å². The van der Waals surface area contributed by atoms with E-state index in [1.54, 1.807) is 6.08 Å². The van der Waals surface area contributed by atoms with Crippen molar-refractivity contribution in [2.75, 3.05) is 40.9 Å². The van der Waals surface area contributed by atoms with Gasteiger partial charge in [-0.3, -0.25) is 9.36 Å². The summed E-state index contributed by atoms with van der Waals surface area (Å²) in [6.45, 7) is 4.58. The van der Waals surface area contributed by atoms with Gasteiger partial charge in [-0.25, -0.2) is 0 Å². The van der Waals surface area contributed by atoms with Gasteiger partial charge in [0.2, 0.25) is 5.91 Å². The van der Waals surface area contributed by atoms with Crippen molar-refractivity contribution in [3.05, 3.63) is 85.1 Å². The summed E-state index contributed by atoms with van der Waals surface area (Å²) in [4.78, 5) is 25.6. The van der Waals surface area contributed by atoms with Gasteiger partial charge in [-0.1, -0.05) is 343 Å². The quantitative estimate of drug-likeness (QED) is 0.0272. The minimum atomic E-state index is -4.61. The third kappa shape index (κ3) is 67.2. The Balaban J connectivity index is 3.99. The minimum Gasteiger partial charge on any atom is -0.756 e. The number of likely N-dealkylation sites (N-methyl/N-ethyl adjacent to an activating group) is 1. The van der Waals surface area contributed by atoms with Crippen molar-refractivity contribution < 1.29 is 32.9 Å². The number of rotatable bonds is 66. The number of allylic oxidation sites excluding steroid dienone is 13. The first-order chi connectivity index (χ1) is 41.0. The summed E-state index contributed by atoms with van der Waals surface area (Å²) in [5, 5.41) is 14.0. The molecule has 0 heterocycles. The summed E-state index contributed by atoms with van der Waals surface area (Å²) in [6, 6.07) is -0.889. The Morgan fingerprint density at radius 1 is 0.429 bits per heavy atom. The smallest absolute Gasteiger partial charge is 0.268 e. The lowest BCUT2D eigenvalue weighted by atomic mass is 10.0. The fourth-order valence-electron chi connectivity index (χ4n) is 10.6. The summed E-state index contributed by atoms with van der Waals surface area (Å²) in [7, 11) is 1.27. The highest BCUT2D eigenvalue weighted by molar-refractivity contribution is 7.45. The van der Waals surface area contributed by atoms with E-state index in [0.717, 1.165) is 77.0 Å². The van der Waals surface area contributed by atoms with Crippen LogP contribution in [-0.4, -0.2) is 68.5 Å². The van der Waals surface area contributed by atoms with Crippen LogP contribution in [-0.2, 0) is 18.4 Å². The highest BCUT2D eigenvalue weighted by Crippen LogP contribution is 2.38. The Morgan fingerprint density at radius 2 is 0.726 bits per heavy atom. The first kappa shape index (κ1) is 81.7. The van der Waals surface area contributed by atoms with Gasteiger partial charge in [0.05, 0.1) is 39.9 Å². The molecule has 0 aromatic rings. The summed E-state index contributed by atoms with van der Waals surface area (Å²) >= 11 is 0. The average Bonchev–Trinajstić information content (AvgIpc) is 3.56. The fraction of sp³-hybridized carbons (Fsp3) is 0.800. The lowest BCUT2D eigenvalue weighted by Gasteiger charge is -2.29. The molecule has 0 fully saturated rings. The SMILES string of the molecule is CC/C=C\C/C=C\C/C=C\C/C=C\C/C=C\C/C=C\CCCCCCCCCCCCCCCCCCCCCCC(=O)NC(COP(=O)([O-])OCC[N+](C)(C)C)C(O)/C=C/CCCCCCCCCCCCCCCCCCCCCCC. The number of aliphatic hydroxyl groups excluding tert-OH is 1. The van der Waals surface area contributed by atoms with Crippen LogP contribution in [0.4, 0.5) is 0 Å². The molecule has 84 heavy (non-hydrogen) atoms. The molecule has 0 saturated heterocycles. The Labute approximate surface area is 522 Å². The number of carbonyl (C=O) groups excluding carboxylic acids is 1. The molecule has 490 valence electrons. The van der Waals surface area contributed by atoms with Crippen molar-refractivity contribution in [1.82, 2.24) is 5.32 Å². The number of nitrogens with one attached hydrogen (secondary N) is 1. The molecule has 8 nitrogen and oxygen atoms in total. The summed E-state index contributed by atoms with van der Waals surface area (Å²) in [5.74, 6) is -0.193. The van der Waals surface area contributed by atoms with E-state index in [1.165, 1.54) is 238 Å². The summed E-state index contributed by atoms with van der Waals surface area (Å²) < 4.78 is 23.5.